The van der Waals surface area contributed by atoms with Crippen molar-refractivity contribution >= 4 is 15.9 Å². The van der Waals surface area contributed by atoms with Crippen molar-refractivity contribution in [1.29, 1.82) is 0 Å². The summed E-state index contributed by atoms with van der Waals surface area (Å²) in [5, 5.41) is 0. The Morgan fingerprint density at radius 2 is 1.89 bits per heavy atom. The van der Waals surface area contributed by atoms with Gasteiger partial charge in [-0.15, -0.1) is 0 Å². The molecule has 0 aliphatic carbocycles. The van der Waals surface area contributed by atoms with Crippen LogP contribution in [0.4, 0.5) is 13.2 Å². The highest BCUT2D eigenvalue weighted by Crippen LogP contribution is 2.32. The van der Waals surface area contributed by atoms with Crippen LogP contribution in [-0.2, 0) is 14.8 Å². The second-order valence-corrected chi connectivity index (χ2v) is 6.17. The zero-order chi connectivity index (χ0) is 14.1. The number of carbonyl (C=O) groups excluding carboxylic acids is 1. The molecule has 1 N–H and O–H groups in total. The molecule has 1 aliphatic heterocycles. The van der Waals surface area contributed by atoms with Crippen molar-refractivity contribution in [2.24, 2.45) is 0 Å². The fourth-order valence-electron chi connectivity index (χ4n) is 2.06. The molecule has 2 atom stereocenters. The number of rotatable bonds is 2. The largest absolute Gasteiger partial charge is 0.408 e. The molecule has 5 nitrogen and oxygen atoms in total. The number of likely N-dealkylation sites (tertiary alicyclic amines) is 1. The van der Waals surface area contributed by atoms with Crippen LogP contribution < -0.4 is 4.72 Å². The van der Waals surface area contributed by atoms with Crippen LogP contribution in [0.3, 0.4) is 0 Å². The molecule has 9 heteroatoms. The number of nitrogens with one attached hydrogen (secondary N) is 1. The highest BCUT2D eigenvalue weighted by Gasteiger charge is 2.47. The highest BCUT2D eigenvalue weighted by molar-refractivity contribution is 7.88. The maximum atomic E-state index is 12.7. The Balaban J connectivity index is 2.81. The number of nitrogens with zero attached hydrogens (tertiary/aromatic N) is 1. The summed E-state index contributed by atoms with van der Waals surface area (Å²) >= 11 is 0. The molecular weight excluding hydrogens is 273 g/mol. The Bertz CT molecular complexity index is 421. The molecule has 106 valence electrons. The average molecular weight is 288 g/mol. The predicted molar refractivity (Wildman–Crippen MR) is 58.2 cm³/mol. The van der Waals surface area contributed by atoms with Crippen molar-refractivity contribution in [3.63, 3.8) is 0 Å². The standard InChI is InChI=1S/C9H15F3N2O3S/c1-6(15)14-5-7(13-18(2,16)17)3-4-8(14)9(10,11)12/h7-8,13H,3-5H2,1-2H3. The maximum absolute atomic E-state index is 12.7. The number of piperidine rings is 1. The monoisotopic (exact) mass is 288 g/mol. The Labute approximate surface area is 103 Å². The Hall–Kier alpha value is -0.830. The second kappa shape index (κ2) is 5.04. The van der Waals surface area contributed by atoms with Gasteiger partial charge in [-0.05, 0) is 12.8 Å². The Morgan fingerprint density at radius 1 is 1.33 bits per heavy atom. The van der Waals surface area contributed by atoms with Gasteiger partial charge in [0.1, 0.15) is 6.04 Å². The molecule has 0 bridgehead atoms. The van der Waals surface area contributed by atoms with Crippen molar-refractivity contribution in [1.82, 2.24) is 9.62 Å². The summed E-state index contributed by atoms with van der Waals surface area (Å²) in [4.78, 5) is 11.9. The number of amides is 1. The van der Waals surface area contributed by atoms with Gasteiger partial charge >= 0.3 is 6.18 Å². The molecule has 0 saturated carbocycles. The summed E-state index contributed by atoms with van der Waals surface area (Å²) < 4.78 is 62.3. The van der Waals surface area contributed by atoms with Gasteiger partial charge < -0.3 is 4.90 Å². The summed E-state index contributed by atoms with van der Waals surface area (Å²) in [5.41, 5.74) is 0. The molecular formula is C9H15F3N2O3S. The van der Waals surface area contributed by atoms with Crippen LogP contribution in [0.1, 0.15) is 19.8 Å². The normalized spacial score (nSPS) is 26.2. The van der Waals surface area contributed by atoms with E-state index in [-0.39, 0.29) is 19.4 Å². The molecule has 1 amide bonds. The van der Waals surface area contributed by atoms with E-state index in [0.29, 0.717) is 4.90 Å². The third-order valence-electron chi connectivity index (χ3n) is 2.74. The summed E-state index contributed by atoms with van der Waals surface area (Å²) in [6.07, 6.45) is -3.79. The zero-order valence-corrected chi connectivity index (χ0v) is 10.8. The first-order valence-electron chi connectivity index (χ1n) is 5.32. The number of hydrogen-bond acceptors (Lipinski definition) is 3. The topological polar surface area (TPSA) is 66.5 Å². The highest BCUT2D eigenvalue weighted by atomic mass is 32.2. The van der Waals surface area contributed by atoms with Gasteiger partial charge in [0.2, 0.25) is 15.9 Å². The third-order valence-corrected chi connectivity index (χ3v) is 3.51. The molecule has 1 heterocycles. The zero-order valence-electron chi connectivity index (χ0n) is 9.99. The van der Waals surface area contributed by atoms with E-state index >= 15 is 0 Å². The van der Waals surface area contributed by atoms with Gasteiger partial charge in [0.15, 0.2) is 0 Å². The number of hydrogen-bond donors (Lipinski definition) is 1. The average Bonchev–Trinajstić information content (AvgIpc) is 2.12. The van der Waals surface area contributed by atoms with E-state index in [1.54, 1.807) is 0 Å². The quantitative estimate of drug-likeness (QED) is 0.803. The van der Waals surface area contributed by atoms with Gasteiger partial charge in [-0.1, -0.05) is 0 Å². The summed E-state index contributed by atoms with van der Waals surface area (Å²) in [5.74, 6) is -0.711. The van der Waals surface area contributed by atoms with Crippen LogP contribution in [0.15, 0.2) is 0 Å². The molecule has 0 spiro atoms. The van der Waals surface area contributed by atoms with E-state index in [4.69, 9.17) is 0 Å². The van der Waals surface area contributed by atoms with E-state index in [1.165, 1.54) is 0 Å². The lowest BCUT2D eigenvalue weighted by Crippen LogP contribution is -2.57. The third kappa shape index (κ3) is 4.13. The minimum absolute atomic E-state index is 0.0566. The van der Waals surface area contributed by atoms with E-state index in [0.717, 1.165) is 13.2 Å². The van der Waals surface area contributed by atoms with Crippen LogP contribution in [0.5, 0.6) is 0 Å². The van der Waals surface area contributed by atoms with E-state index in [2.05, 4.69) is 4.72 Å². The minimum atomic E-state index is -4.48. The smallest absolute Gasteiger partial charge is 0.329 e. The Morgan fingerprint density at radius 3 is 2.28 bits per heavy atom. The maximum Gasteiger partial charge on any atom is 0.408 e. The first-order chi connectivity index (χ1) is 8.00. The molecule has 0 aromatic heterocycles. The summed E-state index contributed by atoms with van der Waals surface area (Å²) in [6, 6.07) is -2.49. The fraction of sp³-hybridized carbons (Fsp3) is 0.889. The Kier molecular flexibility index (Phi) is 4.26. The lowest BCUT2D eigenvalue weighted by Gasteiger charge is -2.39. The van der Waals surface area contributed by atoms with E-state index in [9.17, 15) is 26.4 Å². The second-order valence-electron chi connectivity index (χ2n) is 4.39. The van der Waals surface area contributed by atoms with Gasteiger partial charge in [0.05, 0.1) is 6.26 Å². The molecule has 1 saturated heterocycles. The lowest BCUT2D eigenvalue weighted by molar-refractivity contribution is -0.196. The minimum Gasteiger partial charge on any atom is -0.329 e. The first-order valence-corrected chi connectivity index (χ1v) is 7.21. The molecule has 1 aliphatic rings. The van der Waals surface area contributed by atoms with Gasteiger partial charge in [-0.2, -0.15) is 13.2 Å². The van der Waals surface area contributed by atoms with Gasteiger partial charge in [0, 0.05) is 19.5 Å². The van der Waals surface area contributed by atoms with Gasteiger partial charge in [0.25, 0.3) is 0 Å². The number of sulfonamides is 1. The van der Waals surface area contributed by atoms with Gasteiger partial charge in [-0.25, -0.2) is 13.1 Å². The summed E-state index contributed by atoms with van der Waals surface area (Å²) in [7, 11) is -3.50. The van der Waals surface area contributed by atoms with Crippen LogP contribution in [0.2, 0.25) is 0 Å². The van der Waals surface area contributed by atoms with E-state index < -0.39 is 34.2 Å². The van der Waals surface area contributed by atoms with Crippen molar-refractivity contribution in [2.75, 3.05) is 12.8 Å². The van der Waals surface area contributed by atoms with Crippen molar-refractivity contribution in [2.45, 2.75) is 38.0 Å². The number of carbonyl (C=O) groups is 1. The van der Waals surface area contributed by atoms with Gasteiger partial charge in [-0.3, -0.25) is 4.79 Å². The molecule has 0 radical (unpaired) electrons. The number of halogens is 3. The molecule has 2 unspecified atom stereocenters. The fourth-order valence-corrected chi connectivity index (χ4v) is 2.86. The van der Waals surface area contributed by atoms with Crippen molar-refractivity contribution < 1.29 is 26.4 Å². The van der Waals surface area contributed by atoms with Crippen LogP contribution in [0.25, 0.3) is 0 Å². The van der Waals surface area contributed by atoms with Crippen LogP contribution >= 0.6 is 0 Å². The molecule has 1 fully saturated rings. The first kappa shape index (κ1) is 15.2. The number of alkyl halides is 3. The van der Waals surface area contributed by atoms with Crippen LogP contribution in [0, 0.1) is 0 Å². The van der Waals surface area contributed by atoms with Crippen LogP contribution in [-0.4, -0.2) is 50.3 Å². The summed E-state index contributed by atoms with van der Waals surface area (Å²) in [6.45, 7) is 0.786. The molecule has 1 rings (SSSR count). The molecule has 0 aromatic rings. The SMILES string of the molecule is CC(=O)N1CC(NS(C)(=O)=O)CCC1C(F)(F)F. The van der Waals surface area contributed by atoms with E-state index in [1.807, 2.05) is 0 Å². The van der Waals surface area contributed by atoms with Crippen molar-refractivity contribution in [3.8, 4) is 0 Å². The van der Waals surface area contributed by atoms with Crippen molar-refractivity contribution in [3.05, 3.63) is 0 Å². The predicted octanol–water partition coefficient (Wildman–Crippen LogP) is 0.477. The molecule has 0 aromatic carbocycles. The molecule has 18 heavy (non-hydrogen) atoms. The lowest BCUT2D eigenvalue weighted by atomic mass is 9.98.